The number of nitrogens with zero attached hydrogens (tertiary/aromatic N) is 3. The van der Waals surface area contributed by atoms with Gasteiger partial charge in [0, 0.05) is 45.5 Å². The number of ether oxygens (including phenoxy) is 1. The van der Waals surface area contributed by atoms with E-state index in [0.29, 0.717) is 6.04 Å². The summed E-state index contributed by atoms with van der Waals surface area (Å²) in [6.45, 7) is 5.74. The molecule has 1 saturated heterocycles. The number of guanidine groups is 1. The van der Waals surface area contributed by atoms with Crippen molar-refractivity contribution >= 4 is 35.8 Å². The summed E-state index contributed by atoms with van der Waals surface area (Å²) in [7, 11) is 1.84. The molecule has 2 aromatic rings. The maximum atomic E-state index is 6.22. The van der Waals surface area contributed by atoms with E-state index < -0.39 is 0 Å². The Morgan fingerprint density at radius 2 is 1.97 bits per heavy atom. The van der Waals surface area contributed by atoms with Gasteiger partial charge in [-0.3, -0.25) is 4.99 Å². The highest BCUT2D eigenvalue weighted by molar-refractivity contribution is 14.0. The Morgan fingerprint density at radius 3 is 2.73 bits per heavy atom. The van der Waals surface area contributed by atoms with Gasteiger partial charge in [-0.1, -0.05) is 30.3 Å². The number of hydrogen-bond acceptors (Lipinski definition) is 4. The first-order valence-corrected chi connectivity index (χ1v) is 12.1. The predicted octanol–water partition coefficient (Wildman–Crippen LogP) is 4.63. The summed E-state index contributed by atoms with van der Waals surface area (Å²) >= 11 is 0. The lowest BCUT2D eigenvalue weighted by atomic mass is 9.89. The Hall–Kier alpha value is -1.87. The molecule has 1 aromatic heterocycles. The first-order chi connectivity index (χ1) is 15.7. The molecule has 0 saturated carbocycles. The van der Waals surface area contributed by atoms with Crippen molar-refractivity contribution in [2.75, 3.05) is 38.2 Å². The van der Waals surface area contributed by atoms with E-state index in [1.54, 1.807) is 0 Å². The molecule has 7 heteroatoms. The fraction of sp³-hybridized carbons (Fsp3) is 0.538. The molecule has 1 atom stereocenters. The zero-order valence-electron chi connectivity index (χ0n) is 19.9. The number of anilines is 1. The SMILES string of the molecule is CN=C(NCCCOC1CCCc2ccccc21)NC1CCN(c2ccc(C)cn2)CC1.I. The van der Waals surface area contributed by atoms with Gasteiger partial charge in [-0.25, -0.2) is 4.98 Å². The number of nitrogens with one attached hydrogen (secondary N) is 2. The van der Waals surface area contributed by atoms with Crippen LogP contribution in [0.1, 0.15) is 54.9 Å². The number of piperidine rings is 1. The van der Waals surface area contributed by atoms with Gasteiger partial charge in [-0.05, 0) is 68.2 Å². The second-order valence-corrected chi connectivity index (χ2v) is 8.90. The van der Waals surface area contributed by atoms with Gasteiger partial charge in [0.05, 0.1) is 6.10 Å². The molecular formula is C26H38IN5O. The highest BCUT2D eigenvalue weighted by atomic mass is 127. The molecule has 1 aliphatic carbocycles. The van der Waals surface area contributed by atoms with E-state index in [2.05, 4.69) is 68.8 Å². The average molecular weight is 564 g/mol. The third-order valence-electron chi connectivity index (χ3n) is 6.53. The van der Waals surface area contributed by atoms with Crippen LogP contribution in [0.4, 0.5) is 5.82 Å². The van der Waals surface area contributed by atoms with Gasteiger partial charge in [-0.2, -0.15) is 0 Å². The summed E-state index contributed by atoms with van der Waals surface area (Å²) in [5.74, 6) is 1.97. The number of aromatic nitrogens is 1. The molecule has 0 amide bonds. The summed E-state index contributed by atoms with van der Waals surface area (Å²) < 4.78 is 6.22. The second kappa shape index (κ2) is 13.1. The largest absolute Gasteiger partial charge is 0.373 e. The quantitative estimate of drug-likeness (QED) is 0.223. The van der Waals surface area contributed by atoms with Crippen LogP contribution in [0.5, 0.6) is 0 Å². The van der Waals surface area contributed by atoms with E-state index in [-0.39, 0.29) is 30.1 Å². The Bertz CT molecular complexity index is 881. The molecule has 2 N–H and O–H groups in total. The molecule has 0 spiro atoms. The standard InChI is InChI=1S/C26H37N5O.HI/c1-20-11-12-25(29-19-20)31-16-13-22(14-17-31)30-26(27-2)28-15-6-18-32-24-10-5-8-21-7-3-4-9-23(21)24;/h3-4,7,9,11-12,19,22,24H,5-6,8,10,13-18H2,1-2H3,(H2,27,28,30);1H. The first-order valence-electron chi connectivity index (χ1n) is 12.1. The molecule has 180 valence electrons. The molecule has 1 unspecified atom stereocenters. The van der Waals surface area contributed by atoms with Crippen molar-refractivity contribution in [3.05, 3.63) is 59.3 Å². The molecule has 0 bridgehead atoms. The number of halogens is 1. The van der Waals surface area contributed by atoms with Crippen LogP contribution in [-0.4, -0.2) is 50.3 Å². The first kappa shape index (κ1) is 25.7. The zero-order valence-corrected chi connectivity index (χ0v) is 22.3. The molecule has 0 radical (unpaired) electrons. The van der Waals surface area contributed by atoms with Crippen LogP contribution in [0.2, 0.25) is 0 Å². The number of fused-ring (bicyclic) bond motifs is 1. The van der Waals surface area contributed by atoms with Crippen LogP contribution in [0.3, 0.4) is 0 Å². The zero-order chi connectivity index (χ0) is 22.2. The topological polar surface area (TPSA) is 61.8 Å². The van der Waals surface area contributed by atoms with Crippen LogP contribution in [0.25, 0.3) is 0 Å². The minimum Gasteiger partial charge on any atom is -0.373 e. The average Bonchev–Trinajstić information content (AvgIpc) is 2.84. The van der Waals surface area contributed by atoms with Crippen molar-refractivity contribution in [2.45, 2.75) is 57.6 Å². The summed E-state index contributed by atoms with van der Waals surface area (Å²) in [6, 6.07) is 13.4. The van der Waals surface area contributed by atoms with Gasteiger partial charge in [-0.15, -0.1) is 24.0 Å². The maximum Gasteiger partial charge on any atom is 0.191 e. The van der Waals surface area contributed by atoms with Crippen molar-refractivity contribution in [2.24, 2.45) is 4.99 Å². The van der Waals surface area contributed by atoms with Crippen LogP contribution >= 0.6 is 24.0 Å². The Balaban J connectivity index is 0.00000306. The third-order valence-corrected chi connectivity index (χ3v) is 6.53. The minimum absolute atomic E-state index is 0. The van der Waals surface area contributed by atoms with Crippen LogP contribution in [0.15, 0.2) is 47.6 Å². The van der Waals surface area contributed by atoms with Gasteiger partial charge in [0.15, 0.2) is 5.96 Å². The molecule has 1 fully saturated rings. The highest BCUT2D eigenvalue weighted by Gasteiger charge is 2.21. The van der Waals surface area contributed by atoms with Crippen molar-refractivity contribution in [3.8, 4) is 0 Å². The maximum absolute atomic E-state index is 6.22. The molecule has 4 rings (SSSR count). The summed E-state index contributed by atoms with van der Waals surface area (Å²) in [5, 5.41) is 7.05. The van der Waals surface area contributed by atoms with E-state index in [1.165, 1.54) is 29.5 Å². The smallest absolute Gasteiger partial charge is 0.191 e. The summed E-state index contributed by atoms with van der Waals surface area (Å²) in [4.78, 5) is 11.3. The summed E-state index contributed by atoms with van der Waals surface area (Å²) in [6.07, 6.45) is 8.87. The number of benzene rings is 1. The van der Waals surface area contributed by atoms with Gasteiger partial charge in [0.25, 0.3) is 0 Å². The van der Waals surface area contributed by atoms with Crippen molar-refractivity contribution in [1.82, 2.24) is 15.6 Å². The van der Waals surface area contributed by atoms with E-state index in [0.717, 1.165) is 63.7 Å². The van der Waals surface area contributed by atoms with E-state index in [1.807, 2.05) is 13.2 Å². The number of hydrogen-bond donors (Lipinski definition) is 2. The minimum atomic E-state index is 0. The fourth-order valence-electron chi connectivity index (χ4n) is 4.68. The molecular weight excluding hydrogens is 525 g/mol. The predicted molar refractivity (Wildman–Crippen MR) is 147 cm³/mol. The lowest BCUT2D eigenvalue weighted by Crippen LogP contribution is -2.49. The second-order valence-electron chi connectivity index (χ2n) is 8.90. The molecule has 6 nitrogen and oxygen atoms in total. The normalized spacial score (nSPS) is 18.9. The monoisotopic (exact) mass is 563 g/mol. The van der Waals surface area contributed by atoms with E-state index >= 15 is 0 Å². The lowest BCUT2D eigenvalue weighted by Gasteiger charge is -2.33. The number of pyridine rings is 1. The van der Waals surface area contributed by atoms with Crippen LogP contribution in [-0.2, 0) is 11.2 Å². The Kier molecular flexibility index (Phi) is 10.2. The third kappa shape index (κ3) is 7.30. The van der Waals surface area contributed by atoms with Gasteiger partial charge in [0.1, 0.15) is 5.82 Å². The summed E-state index contributed by atoms with van der Waals surface area (Å²) in [5.41, 5.74) is 4.04. The van der Waals surface area contributed by atoms with Crippen molar-refractivity contribution in [1.29, 1.82) is 0 Å². The Morgan fingerprint density at radius 1 is 1.15 bits per heavy atom. The highest BCUT2D eigenvalue weighted by Crippen LogP contribution is 2.32. The Labute approximate surface area is 215 Å². The number of rotatable bonds is 7. The molecule has 1 aliphatic heterocycles. The van der Waals surface area contributed by atoms with Crippen molar-refractivity contribution in [3.63, 3.8) is 0 Å². The van der Waals surface area contributed by atoms with Gasteiger partial charge >= 0.3 is 0 Å². The van der Waals surface area contributed by atoms with Gasteiger partial charge < -0.3 is 20.3 Å². The number of aliphatic imine (C=N–C) groups is 1. The van der Waals surface area contributed by atoms with Crippen LogP contribution < -0.4 is 15.5 Å². The molecule has 2 heterocycles. The molecule has 2 aliphatic rings. The van der Waals surface area contributed by atoms with Crippen LogP contribution in [0, 0.1) is 6.92 Å². The molecule has 1 aromatic carbocycles. The van der Waals surface area contributed by atoms with Crippen molar-refractivity contribution < 1.29 is 4.74 Å². The number of aryl methyl sites for hydroxylation is 2. The molecule has 33 heavy (non-hydrogen) atoms. The fourth-order valence-corrected chi connectivity index (χ4v) is 4.68. The van der Waals surface area contributed by atoms with E-state index in [4.69, 9.17) is 4.74 Å². The lowest BCUT2D eigenvalue weighted by molar-refractivity contribution is 0.0398. The van der Waals surface area contributed by atoms with E-state index in [9.17, 15) is 0 Å². The van der Waals surface area contributed by atoms with Gasteiger partial charge in [0.2, 0.25) is 0 Å².